The third-order valence-electron chi connectivity index (χ3n) is 7.67. The molecule has 0 spiro atoms. The number of H-pyrrole nitrogens is 1. The molecular weight excluding hydrogens is 432 g/mol. The Bertz CT molecular complexity index is 1380. The van der Waals surface area contributed by atoms with Gasteiger partial charge in [0.25, 0.3) is 0 Å². The van der Waals surface area contributed by atoms with E-state index in [2.05, 4.69) is 59.9 Å². The number of nitrogens with one attached hydrogen (secondary N) is 1. The van der Waals surface area contributed by atoms with Gasteiger partial charge in [-0.1, -0.05) is 13.8 Å². The standard InChI is InChI=1S/C25H30N6OS/c1-12(2)19-20-14(4)23(21-15-6-16(21)8-30(7-15)10-18(26)32)33-25(20)29-22(19)17-5-13(3)24-27-11-28-31(24)9-17/h5,9,11-12,15-16,21,29H,6-8,10H2,1-4H3,(H2,26,32). The highest BCUT2D eigenvalue weighted by Gasteiger charge is 2.48. The molecule has 0 radical (unpaired) electrons. The van der Waals surface area contributed by atoms with Gasteiger partial charge in [-0.3, -0.25) is 9.69 Å². The lowest BCUT2D eigenvalue weighted by molar-refractivity contribution is -0.121. The SMILES string of the molecule is Cc1c(C2C3CC2CN(CC(N)=O)C3)sc2[nH]c(-c3cc(C)c4ncnn4c3)c(C(C)C)c12. The molecule has 2 atom stereocenters. The van der Waals surface area contributed by atoms with Crippen LogP contribution in [0.3, 0.4) is 0 Å². The number of primary amides is 1. The predicted octanol–water partition coefficient (Wildman–Crippen LogP) is 4.20. The first-order valence-corrected chi connectivity index (χ1v) is 12.6. The fraction of sp³-hybridized carbons (Fsp3) is 0.480. The van der Waals surface area contributed by atoms with Gasteiger partial charge in [0.15, 0.2) is 5.65 Å². The van der Waals surface area contributed by atoms with E-state index in [1.54, 1.807) is 6.33 Å². The molecule has 7 nitrogen and oxygen atoms in total. The molecule has 4 aromatic heterocycles. The van der Waals surface area contributed by atoms with E-state index in [4.69, 9.17) is 5.73 Å². The van der Waals surface area contributed by atoms with Gasteiger partial charge in [0, 0.05) is 41.0 Å². The van der Waals surface area contributed by atoms with Crippen molar-refractivity contribution in [2.75, 3.05) is 19.6 Å². The number of aromatic nitrogens is 4. The van der Waals surface area contributed by atoms with Crippen molar-refractivity contribution in [3.63, 3.8) is 0 Å². The summed E-state index contributed by atoms with van der Waals surface area (Å²) in [4.78, 5) is 24.6. The fourth-order valence-electron chi connectivity index (χ4n) is 6.37. The molecule has 4 aromatic rings. The topological polar surface area (TPSA) is 92.3 Å². The van der Waals surface area contributed by atoms with Crippen molar-refractivity contribution in [1.82, 2.24) is 24.5 Å². The molecule has 1 amide bonds. The highest BCUT2D eigenvalue weighted by atomic mass is 32.1. The predicted molar refractivity (Wildman–Crippen MR) is 132 cm³/mol. The Morgan fingerprint density at radius 2 is 2.06 bits per heavy atom. The Balaban J connectivity index is 1.41. The summed E-state index contributed by atoms with van der Waals surface area (Å²) >= 11 is 1.94. The van der Waals surface area contributed by atoms with Gasteiger partial charge in [0.05, 0.1) is 12.2 Å². The monoisotopic (exact) mass is 462 g/mol. The zero-order valence-corrected chi connectivity index (χ0v) is 20.4. The second-order valence-electron chi connectivity index (χ2n) is 10.2. The van der Waals surface area contributed by atoms with Crippen LogP contribution in [0.1, 0.15) is 53.7 Å². The summed E-state index contributed by atoms with van der Waals surface area (Å²) < 4.78 is 1.87. The van der Waals surface area contributed by atoms with E-state index in [-0.39, 0.29) is 5.91 Å². The second kappa shape index (κ2) is 7.40. The Hall–Kier alpha value is -2.71. The maximum atomic E-state index is 11.4. The van der Waals surface area contributed by atoms with Crippen LogP contribution in [0.5, 0.6) is 0 Å². The van der Waals surface area contributed by atoms with Crippen LogP contribution in [-0.4, -0.2) is 50.0 Å². The summed E-state index contributed by atoms with van der Waals surface area (Å²) in [5.74, 6) is 2.04. The Labute approximate surface area is 197 Å². The minimum absolute atomic E-state index is 0.220. The molecule has 5 heterocycles. The average Bonchev–Trinajstić information content (AvgIpc) is 3.43. The maximum Gasteiger partial charge on any atom is 0.231 e. The number of hydrogen-bond acceptors (Lipinski definition) is 5. The van der Waals surface area contributed by atoms with Crippen molar-refractivity contribution >= 4 is 33.1 Å². The number of piperidine rings is 2. The molecule has 2 fully saturated rings. The molecule has 1 saturated heterocycles. The Morgan fingerprint density at radius 1 is 1.30 bits per heavy atom. The number of nitrogens with zero attached hydrogens (tertiary/aromatic N) is 4. The molecule has 1 aliphatic heterocycles. The number of aryl methyl sites for hydroxylation is 2. The van der Waals surface area contributed by atoms with E-state index >= 15 is 0 Å². The first kappa shape index (κ1) is 20.9. The van der Waals surface area contributed by atoms with Crippen molar-refractivity contribution in [3.8, 4) is 11.3 Å². The van der Waals surface area contributed by atoms with Crippen molar-refractivity contribution in [2.24, 2.45) is 17.6 Å². The molecular formula is C25H30N6OS. The summed E-state index contributed by atoms with van der Waals surface area (Å²) in [6.45, 7) is 11.3. The van der Waals surface area contributed by atoms with Gasteiger partial charge in [-0.05, 0) is 60.8 Å². The van der Waals surface area contributed by atoms with Crippen LogP contribution in [0, 0.1) is 25.7 Å². The minimum atomic E-state index is -0.220. The third-order valence-corrected chi connectivity index (χ3v) is 8.98. The molecule has 3 N–H and O–H groups in total. The normalized spacial score (nSPS) is 23.0. The number of nitrogens with two attached hydrogens (primary N) is 1. The number of amides is 1. The van der Waals surface area contributed by atoms with Gasteiger partial charge in [-0.2, -0.15) is 5.10 Å². The summed E-state index contributed by atoms with van der Waals surface area (Å²) in [5, 5.41) is 5.77. The van der Waals surface area contributed by atoms with Crippen LogP contribution < -0.4 is 5.73 Å². The number of likely N-dealkylation sites (tertiary alicyclic amines) is 1. The van der Waals surface area contributed by atoms with Crippen LogP contribution in [-0.2, 0) is 4.79 Å². The second-order valence-corrected chi connectivity index (χ2v) is 11.3. The van der Waals surface area contributed by atoms with Crippen LogP contribution in [0.15, 0.2) is 18.6 Å². The molecule has 172 valence electrons. The van der Waals surface area contributed by atoms with Crippen LogP contribution >= 0.6 is 11.3 Å². The first-order valence-electron chi connectivity index (χ1n) is 11.8. The highest BCUT2D eigenvalue weighted by Crippen LogP contribution is 2.56. The molecule has 1 saturated carbocycles. The minimum Gasteiger partial charge on any atom is -0.369 e. The van der Waals surface area contributed by atoms with E-state index in [9.17, 15) is 4.79 Å². The molecule has 1 aliphatic carbocycles. The van der Waals surface area contributed by atoms with Gasteiger partial charge >= 0.3 is 0 Å². The van der Waals surface area contributed by atoms with Crippen molar-refractivity contribution < 1.29 is 4.79 Å². The quantitative estimate of drug-likeness (QED) is 0.465. The number of carbonyl (C=O) groups excluding carboxylic acids is 1. The summed E-state index contributed by atoms with van der Waals surface area (Å²) in [6.07, 6.45) is 4.96. The van der Waals surface area contributed by atoms with Crippen molar-refractivity contribution in [3.05, 3.63) is 40.2 Å². The lowest BCUT2D eigenvalue weighted by Crippen LogP contribution is -2.55. The molecule has 33 heavy (non-hydrogen) atoms. The van der Waals surface area contributed by atoms with E-state index in [0.29, 0.717) is 30.2 Å². The smallest absolute Gasteiger partial charge is 0.231 e. The number of thiophene rings is 1. The number of aromatic amines is 1. The Morgan fingerprint density at radius 3 is 2.76 bits per heavy atom. The van der Waals surface area contributed by atoms with Gasteiger partial charge < -0.3 is 10.7 Å². The lowest BCUT2D eigenvalue weighted by atomic mass is 9.60. The summed E-state index contributed by atoms with van der Waals surface area (Å²) in [6, 6.07) is 2.21. The maximum absolute atomic E-state index is 11.4. The zero-order valence-electron chi connectivity index (χ0n) is 19.6. The van der Waals surface area contributed by atoms with Gasteiger partial charge in [0.2, 0.25) is 5.91 Å². The summed E-state index contributed by atoms with van der Waals surface area (Å²) in [5.41, 5.74) is 12.6. The molecule has 2 unspecified atom stereocenters. The number of hydrogen-bond donors (Lipinski definition) is 2. The zero-order chi connectivity index (χ0) is 23.0. The molecule has 0 aromatic carbocycles. The molecule has 2 aliphatic rings. The van der Waals surface area contributed by atoms with Gasteiger partial charge in [-0.25, -0.2) is 9.50 Å². The molecule has 2 bridgehead atoms. The number of carbonyl (C=O) groups is 1. The van der Waals surface area contributed by atoms with E-state index < -0.39 is 0 Å². The fourth-order valence-corrected chi connectivity index (χ4v) is 7.88. The highest BCUT2D eigenvalue weighted by molar-refractivity contribution is 7.19. The number of pyridine rings is 1. The average molecular weight is 463 g/mol. The van der Waals surface area contributed by atoms with Gasteiger partial charge in [0.1, 0.15) is 11.2 Å². The molecule has 8 heteroatoms. The van der Waals surface area contributed by atoms with Crippen molar-refractivity contribution in [1.29, 1.82) is 0 Å². The number of rotatable bonds is 5. The van der Waals surface area contributed by atoms with Gasteiger partial charge in [-0.15, -0.1) is 11.3 Å². The third kappa shape index (κ3) is 3.14. The molecule has 6 rings (SSSR count). The largest absolute Gasteiger partial charge is 0.369 e. The number of fused-ring (bicyclic) bond motifs is 4. The van der Waals surface area contributed by atoms with E-state index in [1.807, 2.05) is 15.9 Å². The summed E-state index contributed by atoms with van der Waals surface area (Å²) in [7, 11) is 0. The van der Waals surface area contributed by atoms with Crippen LogP contribution in [0.4, 0.5) is 0 Å². The Kier molecular flexibility index (Phi) is 4.68. The first-order chi connectivity index (χ1) is 15.8. The van der Waals surface area contributed by atoms with Crippen molar-refractivity contribution in [2.45, 2.75) is 46.0 Å². The lowest BCUT2D eigenvalue weighted by Gasteiger charge is -2.53. The van der Waals surface area contributed by atoms with Crippen LogP contribution in [0.25, 0.3) is 27.1 Å². The van der Waals surface area contributed by atoms with E-state index in [0.717, 1.165) is 29.9 Å². The van der Waals surface area contributed by atoms with E-state index in [1.165, 1.54) is 38.3 Å². The van der Waals surface area contributed by atoms with Crippen LogP contribution in [0.2, 0.25) is 0 Å².